The SMILES string of the molecule is N#Cc1ccccc1Cn1c(N2CCC[C@@H](N)C2)nc2c(Br)c(Br)sc2c1=O. The first-order chi connectivity index (χ1) is 13.5. The quantitative estimate of drug-likeness (QED) is 0.564. The molecular weight excluding hydrogens is 506 g/mol. The first-order valence-electron chi connectivity index (χ1n) is 8.86. The van der Waals surface area contributed by atoms with E-state index >= 15 is 0 Å². The summed E-state index contributed by atoms with van der Waals surface area (Å²) in [5.74, 6) is 0.603. The highest BCUT2D eigenvalue weighted by atomic mass is 79.9. The van der Waals surface area contributed by atoms with Gasteiger partial charge in [0.1, 0.15) is 10.2 Å². The van der Waals surface area contributed by atoms with Crippen molar-refractivity contribution in [2.24, 2.45) is 5.73 Å². The minimum atomic E-state index is -0.108. The van der Waals surface area contributed by atoms with Gasteiger partial charge in [-0.3, -0.25) is 9.36 Å². The molecule has 1 aliphatic heterocycles. The Balaban J connectivity index is 1.92. The van der Waals surface area contributed by atoms with Crippen LogP contribution in [0.25, 0.3) is 10.2 Å². The molecule has 0 amide bonds. The number of fused-ring (bicyclic) bond motifs is 1. The summed E-state index contributed by atoms with van der Waals surface area (Å²) in [6, 6.07) is 9.61. The summed E-state index contributed by atoms with van der Waals surface area (Å²) in [5, 5.41) is 9.44. The van der Waals surface area contributed by atoms with Gasteiger partial charge in [0, 0.05) is 19.1 Å². The lowest BCUT2D eigenvalue weighted by Crippen LogP contribution is -2.45. The van der Waals surface area contributed by atoms with Crippen LogP contribution in [-0.2, 0) is 6.54 Å². The third kappa shape index (κ3) is 3.50. The Bertz CT molecular complexity index is 1150. The van der Waals surface area contributed by atoms with E-state index in [0.717, 1.165) is 33.2 Å². The van der Waals surface area contributed by atoms with Crippen molar-refractivity contribution in [2.45, 2.75) is 25.4 Å². The number of benzene rings is 1. The first kappa shape index (κ1) is 19.6. The maximum Gasteiger partial charge on any atom is 0.273 e. The van der Waals surface area contributed by atoms with E-state index in [1.54, 1.807) is 10.6 Å². The molecule has 3 heterocycles. The molecule has 0 saturated carbocycles. The number of nitriles is 1. The highest BCUT2D eigenvalue weighted by Crippen LogP contribution is 2.37. The van der Waals surface area contributed by atoms with Gasteiger partial charge in [0.15, 0.2) is 0 Å². The van der Waals surface area contributed by atoms with Crippen LogP contribution in [0.1, 0.15) is 24.0 Å². The van der Waals surface area contributed by atoms with Crippen molar-refractivity contribution in [1.29, 1.82) is 5.26 Å². The van der Waals surface area contributed by atoms with Crippen molar-refractivity contribution in [2.75, 3.05) is 18.0 Å². The van der Waals surface area contributed by atoms with E-state index in [1.807, 2.05) is 18.2 Å². The second-order valence-corrected chi connectivity index (χ2v) is 9.92. The van der Waals surface area contributed by atoms with Crippen LogP contribution in [0.3, 0.4) is 0 Å². The van der Waals surface area contributed by atoms with Gasteiger partial charge in [-0.05, 0) is 56.3 Å². The number of rotatable bonds is 3. The minimum Gasteiger partial charge on any atom is -0.341 e. The maximum atomic E-state index is 13.4. The number of halogens is 2. The number of nitrogens with zero attached hydrogens (tertiary/aromatic N) is 4. The minimum absolute atomic E-state index is 0.0545. The lowest BCUT2D eigenvalue weighted by atomic mass is 10.1. The number of thiophene rings is 1. The Kier molecular flexibility index (Phi) is 5.56. The van der Waals surface area contributed by atoms with Gasteiger partial charge in [-0.1, -0.05) is 18.2 Å². The molecule has 1 aromatic carbocycles. The summed E-state index contributed by atoms with van der Waals surface area (Å²) in [7, 11) is 0. The molecule has 2 aromatic heterocycles. The van der Waals surface area contributed by atoms with Gasteiger partial charge in [0.05, 0.1) is 26.4 Å². The van der Waals surface area contributed by atoms with Crippen LogP contribution in [0.2, 0.25) is 0 Å². The molecule has 0 radical (unpaired) electrons. The van der Waals surface area contributed by atoms with E-state index in [0.29, 0.717) is 34.8 Å². The zero-order valence-electron chi connectivity index (χ0n) is 14.9. The predicted molar refractivity (Wildman–Crippen MR) is 119 cm³/mol. The molecule has 2 N–H and O–H groups in total. The zero-order chi connectivity index (χ0) is 19.8. The van der Waals surface area contributed by atoms with Crippen molar-refractivity contribution >= 4 is 59.4 Å². The van der Waals surface area contributed by atoms with Gasteiger partial charge < -0.3 is 10.6 Å². The summed E-state index contributed by atoms with van der Waals surface area (Å²) in [6.07, 6.45) is 1.92. The standard InChI is InChI=1S/C19H17Br2N5OS/c20-14-15-16(28-17(14)21)18(27)26(9-12-5-2-1-4-11(12)8-22)19(24-15)25-7-3-6-13(23)10-25/h1-2,4-5,13H,3,6-7,9-10,23H2/t13-/m1/s1. The Morgan fingerprint density at radius 3 is 2.89 bits per heavy atom. The predicted octanol–water partition coefficient (Wildman–Crippen LogP) is 3.83. The summed E-state index contributed by atoms with van der Waals surface area (Å²) < 4.78 is 3.88. The maximum absolute atomic E-state index is 13.4. The fraction of sp³-hybridized carbons (Fsp3) is 0.316. The van der Waals surface area contributed by atoms with Crippen molar-refractivity contribution in [3.05, 3.63) is 54.0 Å². The molecule has 1 saturated heterocycles. The van der Waals surface area contributed by atoms with Crippen LogP contribution in [0.4, 0.5) is 5.95 Å². The van der Waals surface area contributed by atoms with Gasteiger partial charge in [0.25, 0.3) is 5.56 Å². The van der Waals surface area contributed by atoms with Crippen LogP contribution in [-0.4, -0.2) is 28.7 Å². The molecule has 0 spiro atoms. The first-order valence-corrected chi connectivity index (χ1v) is 11.3. The molecule has 4 rings (SSSR count). The number of hydrogen-bond acceptors (Lipinski definition) is 6. The van der Waals surface area contributed by atoms with Crippen LogP contribution >= 0.6 is 43.2 Å². The molecule has 144 valence electrons. The third-order valence-corrected chi connectivity index (χ3v) is 8.29. The van der Waals surface area contributed by atoms with E-state index in [1.165, 1.54) is 11.3 Å². The Labute approximate surface area is 182 Å². The normalized spacial score (nSPS) is 17.1. The molecular formula is C19H17Br2N5OS. The van der Waals surface area contributed by atoms with Crippen LogP contribution in [0, 0.1) is 11.3 Å². The molecule has 28 heavy (non-hydrogen) atoms. The number of anilines is 1. The summed E-state index contributed by atoms with van der Waals surface area (Å²) >= 11 is 8.39. The molecule has 1 aliphatic rings. The van der Waals surface area contributed by atoms with Crippen molar-refractivity contribution < 1.29 is 0 Å². The van der Waals surface area contributed by atoms with Crippen molar-refractivity contribution in [3.63, 3.8) is 0 Å². The fourth-order valence-corrected chi connectivity index (χ4v) is 5.65. The molecule has 0 aliphatic carbocycles. The summed E-state index contributed by atoms with van der Waals surface area (Å²) in [5.41, 5.74) is 8.08. The number of aromatic nitrogens is 2. The van der Waals surface area contributed by atoms with Crippen molar-refractivity contribution in [3.8, 4) is 6.07 Å². The van der Waals surface area contributed by atoms with Gasteiger partial charge in [-0.25, -0.2) is 4.98 Å². The Morgan fingerprint density at radius 2 is 2.14 bits per heavy atom. The lowest BCUT2D eigenvalue weighted by Gasteiger charge is -2.33. The monoisotopic (exact) mass is 521 g/mol. The van der Waals surface area contributed by atoms with Gasteiger partial charge in [-0.2, -0.15) is 5.26 Å². The summed E-state index contributed by atoms with van der Waals surface area (Å²) in [6.45, 7) is 1.74. The molecule has 3 aromatic rings. The second kappa shape index (κ2) is 7.95. The van der Waals surface area contributed by atoms with Crippen LogP contribution in [0.5, 0.6) is 0 Å². The van der Waals surface area contributed by atoms with Crippen molar-refractivity contribution in [1.82, 2.24) is 9.55 Å². The molecule has 1 atom stereocenters. The van der Waals surface area contributed by atoms with E-state index in [2.05, 4.69) is 42.8 Å². The van der Waals surface area contributed by atoms with E-state index < -0.39 is 0 Å². The van der Waals surface area contributed by atoms with Crippen LogP contribution < -0.4 is 16.2 Å². The molecule has 0 unspecified atom stereocenters. The van der Waals surface area contributed by atoms with E-state index in [4.69, 9.17) is 10.7 Å². The average molecular weight is 523 g/mol. The molecule has 6 nitrogen and oxygen atoms in total. The largest absolute Gasteiger partial charge is 0.341 e. The van der Waals surface area contributed by atoms with E-state index in [-0.39, 0.29) is 11.6 Å². The van der Waals surface area contributed by atoms with E-state index in [9.17, 15) is 10.1 Å². The number of hydrogen-bond donors (Lipinski definition) is 1. The highest BCUT2D eigenvalue weighted by Gasteiger charge is 2.25. The molecule has 1 fully saturated rings. The zero-order valence-corrected chi connectivity index (χ0v) is 18.8. The second-order valence-electron chi connectivity index (χ2n) is 6.79. The highest BCUT2D eigenvalue weighted by molar-refractivity contribution is 9.13. The molecule has 0 bridgehead atoms. The van der Waals surface area contributed by atoms with Gasteiger partial charge in [-0.15, -0.1) is 11.3 Å². The Morgan fingerprint density at radius 1 is 1.36 bits per heavy atom. The number of nitrogens with two attached hydrogens (primary N) is 1. The molecule has 9 heteroatoms. The average Bonchev–Trinajstić information content (AvgIpc) is 2.99. The number of piperidine rings is 1. The summed E-state index contributed by atoms with van der Waals surface area (Å²) in [4.78, 5) is 20.3. The fourth-order valence-electron chi connectivity index (χ4n) is 3.51. The smallest absolute Gasteiger partial charge is 0.273 e. The third-order valence-electron chi connectivity index (χ3n) is 4.89. The topological polar surface area (TPSA) is 87.9 Å². The Hall–Kier alpha value is -1.73. The van der Waals surface area contributed by atoms with Gasteiger partial charge in [0.2, 0.25) is 5.95 Å². The van der Waals surface area contributed by atoms with Gasteiger partial charge >= 0.3 is 0 Å². The van der Waals surface area contributed by atoms with Crippen LogP contribution in [0.15, 0.2) is 37.3 Å². The lowest BCUT2D eigenvalue weighted by molar-refractivity contribution is 0.492.